The first kappa shape index (κ1) is 9.31. The maximum absolute atomic E-state index is 9.77. The van der Waals surface area contributed by atoms with Crippen molar-refractivity contribution < 1.29 is 9.84 Å². The number of ether oxygens (including phenoxy) is 1. The van der Waals surface area contributed by atoms with E-state index in [9.17, 15) is 5.11 Å². The molecular formula is C9H8BrClO2. The van der Waals surface area contributed by atoms with Crippen molar-refractivity contribution in [1.29, 1.82) is 0 Å². The third-order valence-corrected chi connectivity index (χ3v) is 3.03. The van der Waals surface area contributed by atoms with Gasteiger partial charge in [-0.3, -0.25) is 0 Å². The van der Waals surface area contributed by atoms with Crippen LogP contribution in [-0.2, 0) is 0 Å². The Morgan fingerprint density at radius 3 is 3.08 bits per heavy atom. The first-order valence-corrected chi connectivity index (χ1v) is 5.22. The van der Waals surface area contributed by atoms with E-state index in [-0.39, 0.29) is 4.83 Å². The van der Waals surface area contributed by atoms with Crippen molar-refractivity contribution in [2.24, 2.45) is 0 Å². The molecule has 1 aliphatic heterocycles. The Labute approximate surface area is 89.6 Å². The average Bonchev–Trinajstić information content (AvgIpc) is 2.12. The highest BCUT2D eigenvalue weighted by Crippen LogP contribution is 2.36. The Kier molecular flexibility index (Phi) is 2.49. The molecule has 2 unspecified atom stereocenters. The fourth-order valence-corrected chi connectivity index (χ4v) is 1.93. The molecule has 0 spiro atoms. The normalized spacial score (nSPS) is 26.4. The van der Waals surface area contributed by atoms with Crippen LogP contribution in [0.1, 0.15) is 11.7 Å². The molecule has 0 aliphatic carbocycles. The predicted octanol–water partition coefficient (Wildman–Crippen LogP) is 2.53. The van der Waals surface area contributed by atoms with E-state index in [1.807, 2.05) is 0 Å². The van der Waals surface area contributed by atoms with Gasteiger partial charge in [-0.1, -0.05) is 27.5 Å². The van der Waals surface area contributed by atoms with Gasteiger partial charge in [-0.05, 0) is 18.2 Å². The van der Waals surface area contributed by atoms with Crippen molar-refractivity contribution in [3.8, 4) is 5.75 Å². The van der Waals surface area contributed by atoms with Gasteiger partial charge in [0.15, 0.2) is 0 Å². The average molecular weight is 264 g/mol. The number of rotatable bonds is 0. The van der Waals surface area contributed by atoms with Gasteiger partial charge in [0.1, 0.15) is 12.4 Å². The van der Waals surface area contributed by atoms with Crippen LogP contribution in [0.5, 0.6) is 5.75 Å². The molecule has 0 saturated heterocycles. The monoisotopic (exact) mass is 262 g/mol. The summed E-state index contributed by atoms with van der Waals surface area (Å²) in [5.41, 5.74) is 0.751. The van der Waals surface area contributed by atoms with Gasteiger partial charge in [0.05, 0.1) is 10.9 Å². The molecule has 1 aliphatic rings. The molecule has 0 fully saturated rings. The second-order valence-corrected chi connectivity index (χ2v) is 4.57. The van der Waals surface area contributed by atoms with E-state index < -0.39 is 6.10 Å². The molecular weight excluding hydrogens is 255 g/mol. The van der Waals surface area contributed by atoms with Crippen LogP contribution in [0, 0.1) is 0 Å². The predicted molar refractivity (Wildman–Crippen MR) is 54.6 cm³/mol. The summed E-state index contributed by atoms with van der Waals surface area (Å²) in [7, 11) is 0. The van der Waals surface area contributed by atoms with Gasteiger partial charge in [0.2, 0.25) is 0 Å². The lowest BCUT2D eigenvalue weighted by Gasteiger charge is -2.26. The second kappa shape index (κ2) is 3.48. The number of hydrogen-bond acceptors (Lipinski definition) is 2. The zero-order chi connectivity index (χ0) is 9.42. The number of hydrogen-bond donors (Lipinski definition) is 1. The number of halogens is 2. The second-order valence-electron chi connectivity index (χ2n) is 2.95. The van der Waals surface area contributed by atoms with E-state index in [4.69, 9.17) is 16.3 Å². The van der Waals surface area contributed by atoms with E-state index >= 15 is 0 Å². The lowest BCUT2D eigenvalue weighted by atomic mass is 10.0. The summed E-state index contributed by atoms with van der Waals surface area (Å²) < 4.78 is 5.40. The lowest BCUT2D eigenvalue weighted by Crippen LogP contribution is -2.25. The molecule has 0 amide bonds. The summed E-state index contributed by atoms with van der Waals surface area (Å²) in [4.78, 5) is -0.0570. The molecule has 2 nitrogen and oxygen atoms in total. The minimum atomic E-state index is -0.539. The maximum Gasteiger partial charge on any atom is 0.125 e. The van der Waals surface area contributed by atoms with Crippen LogP contribution in [0.15, 0.2) is 18.2 Å². The van der Waals surface area contributed by atoms with Gasteiger partial charge < -0.3 is 9.84 Å². The smallest absolute Gasteiger partial charge is 0.125 e. The highest BCUT2D eigenvalue weighted by Gasteiger charge is 2.27. The van der Waals surface area contributed by atoms with E-state index in [1.165, 1.54) is 0 Å². The molecule has 1 aromatic rings. The number of fused-ring (bicyclic) bond motifs is 1. The fraction of sp³-hybridized carbons (Fsp3) is 0.333. The van der Waals surface area contributed by atoms with Crippen LogP contribution in [0.25, 0.3) is 0 Å². The fourth-order valence-electron chi connectivity index (χ4n) is 1.34. The maximum atomic E-state index is 9.77. The highest BCUT2D eigenvalue weighted by molar-refractivity contribution is 9.09. The molecule has 1 N–H and O–H groups in total. The van der Waals surface area contributed by atoms with Crippen molar-refractivity contribution in [3.05, 3.63) is 28.8 Å². The van der Waals surface area contributed by atoms with E-state index in [2.05, 4.69) is 15.9 Å². The van der Waals surface area contributed by atoms with Crippen LogP contribution < -0.4 is 4.74 Å². The molecule has 4 heteroatoms. The molecule has 1 aromatic carbocycles. The van der Waals surface area contributed by atoms with Gasteiger partial charge in [0, 0.05) is 10.6 Å². The first-order valence-electron chi connectivity index (χ1n) is 3.93. The summed E-state index contributed by atoms with van der Waals surface area (Å²) in [5, 5.41) is 10.4. The molecule has 70 valence electrons. The summed E-state index contributed by atoms with van der Waals surface area (Å²) >= 11 is 9.14. The third kappa shape index (κ3) is 1.68. The summed E-state index contributed by atoms with van der Waals surface area (Å²) in [6.45, 7) is 0.482. The van der Waals surface area contributed by atoms with Gasteiger partial charge in [-0.25, -0.2) is 0 Å². The Morgan fingerprint density at radius 2 is 2.31 bits per heavy atom. The number of benzene rings is 1. The Balaban J connectivity index is 2.45. The van der Waals surface area contributed by atoms with Crippen molar-refractivity contribution in [1.82, 2.24) is 0 Å². The number of aliphatic hydroxyl groups excluding tert-OH is 1. The van der Waals surface area contributed by atoms with Crippen LogP contribution in [0.3, 0.4) is 0 Å². The standard InChI is InChI=1S/C9H8BrClO2/c10-7-4-13-8-2-1-5(11)3-6(8)9(7)12/h1-3,7,9,12H,4H2. The summed E-state index contributed by atoms with van der Waals surface area (Å²) in [5.74, 6) is 0.715. The molecule has 0 saturated carbocycles. The van der Waals surface area contributed by atoms with Crippen LogP contribution >= 0.6 is 27.5 Å². The minimum Gasteiger partial charge on any atom is -0.492 e. The molecule has 0 bridgehead atoms. The largest absolute Gasteiger partial charge is 0.492 e. The molecule has 0 radical (unpaired) electrons. The lowest BCUT2D eigenvalue weighted by molar-refractivity contribution is 0.125. The van der Waals surface area contributed by atoms with Crippen LogP contribution in [-0.4, -0.2) is 16.5 Å². The Morgan fingerprint density at radius 1 is 1.54 bits per heavy atom. The summed E-state index contributed by atoms with van der Waals surface area (Å²) in [6, 6.07) is 5.26. The van der Waals surface area contributed by atoms with Gasteiger partial charge in [-0.15, -0.1) is 0 Å². The molecule has 13 heavy (non-hydrogen) atoms. The van der Waals surface area contributed by atoms with Crippen LogP contribution in [0.4, 0.5) is 0 Å². The molecule has 0 aromatic heterocycles. The minimum absolute atomic E-state index is 0.0570. The Bertz CT molecular complexity index is 329. The van der Waals surface area contributed by atoms with Crippen molar-refractivity contribution in [2.75, 3.05) is 6.61 Å². The first-order chi connectivity index (χ1) is 6.18. The van der Waals surface area contributed by atoms with Gasteiger partial charge in [-0.2, -0.15) is 0 Å². The topological polar surface area (TPSA) is 29.5 Å². The zero-order valence-electron chi connectivity index (χ0n) is 6.71. The zero-order valence-corrected chi connectivity index (χ0v) is 9.05. The SMILES string of the molecule is OC1c2cc(Cl)ccc2OCC1Br. The molecule has 1 heterocycles. The van der Waals surface area contributed by atoms with Crippen molar-refractivity contribution >= 4 is 27.5 Å². The van der Waals surface area contributed by atoms with E-state index in [0.717, 1.165) is 5.56 Å². The van der Waals surface area contributed by atoms with Gasteiger partial charge >= 0.3 is 0 Å². The van der Waals surface area contributed by atoms with Gasteiger partial charge in [0.25, 0.3) is 0 Å². The van der Waals surface area contributed by atoms with E-state index in [1.54, 1.807) is 18.2 Å². The third-order valence-electron chi connectivity index (χ3n) is 2.03. The quantitative estimate of drug-likeness (QED) is 0.729. The number of alkyl halides is 1. The van der Waals surface area contributed by atoms with Crippen LogP contribution in [0.2, 0.25) is 5.02 Å². The van der Waals surface area contributed by atoms with E-state index in [0.29, 0.717) is 17.4 Å². The summed E-state index contributed by atoms with van der Waals surface area (Å²) in [6.07, 6.45) is -0.539. The Hall–Kier alpha value is -0.250. The highest BCUT2D eigenvalue weighted by atomic mass is 79.9. The molecule has 2 rings (SSSR count). The number of aliphatic hydroxyl groups is 1. The van der Waals surface area contributed by atoms with Crippen molar-refractivity contribution in [3.63, 3.8) is 0 Å². The molecule has 2 atom stereocenters. The van der Waals surface area contributed by atoms with Crippen molar-refractivity contribution in [2.45, 2.75) is 10.9 Å².